The molecule has 0 aromatic rings. The monoisotopic (exact) mass is 1140 g/mol. The molecule has 1 atom stereocenters. The number of unbranched alkanes of at least 4 members (excludes halogenated alkanes) is 11. The third kappa shape index (κ3) is 66.7. The number of hydrogen-bond donors (Lipinski definition) is 0. The lowest BCUT2D eigenvalue weighted by Crippen LogP contribution is -2.30. The second-order valence-electron chi connectivity index (χ2n) is 20.5. The first kappa shape index (κ1) is 77.0. The van der Waals surface area contributed by atoms with Gasteiger partial charge in [-0.05, 0) is 167 Å². The number of rotatable bonds is 56. The summed E-state index contributed by atoms with van der Waals surface area (Å²) >= 11 is 0. The van der Waals surface area contributed by atoms with E-state index in [0.717, 1.165) is 199 Å². The number of carbonyl (C=O) groups is 3. The van der Waals surface area contributed by atoms with Crippen molar-refractivity contribution in [2.75, 3.05) is 13.2 Å². The molecule has 0 amide bonds. The Labute approximate surface area is 509 Å². The second kappa shape index (κ2) is 68.5. The van der Waals surface area contributed by atoms with Crippen LogP contribution in [0.2, 0.25) is 0 Å². The lowest BCUT2D eigenvalue weighted by atomic mass is 10.1. The van der Waals surface area contributed by atoms with Crippen molar-refractivity contribution in [3.8, 4) is 0 Å². The zero-order chi connectivity index (χ0) is 59.9. The summed E-state index contributed by atoms with van der Waals surface area (Å²) in [5.74, 6) is -1.02. The summed E-state index contributed by atoms with van der Waals surface area (Å²) in [5.41, 5.74) is 0. The van der Waals surface area contributed by atoms with Gasteiger partial charge in [-0.25, -0.2) is 0 Å². The Hall–Kier alpha value is -6.01. The molecule has 0 spiro atoms. The topological polar surface area (TPSA) is 78.9 Å². The molecule has 0 heterocycles. The smallest absolute Gasteiger partial charge is 0.306 e. The number of esters is 3. The number of carbonyl (C=O) groups excluding carboxylic acids is 3. The molecule has 0 saturated heterocycles. The largest absolute Gasteiger partial charge is 0.462 e. The van der Waals surface area contributed by atoms with Gasteiger partial charge in [0.1, 0.15) is 13.2 Å². The standard InChI is InChI=1S/C77H116O6/c1-4-7-10-13-16-19-22-25-28-31-33-35-37-38-40-41-43-46-49-52-55-58-61-64-67-70-76(79)82-73-74(72-81-75(78)69-66-63-60-57-54-51-48-45-30-27-24-21-18-15-12-9-6-3)83-77(80)71-68-65-62-59-56-53-50-47-44-42-39-36-34-32-29-26-23-20-17-14-11-8-5-2/h7-12,16-21,25-30,33-36,38,40,42-44,46,48,50-53,55,74H,4-6,13-15,22-24,31-32,37,39,41,45,47,49,54,56-73H2,1-3H3/b10-7-,11-8-,12-9-,19-16-,20-17-,21-18-,28-25-,29-26-,30-27-,35-33-,36-34-,40-38-,44-42-,46-43-,51-48-,53-50-,55-52-. The van der Waals surface area contributed by atoms with Crippen LogP contribution in [0, 0.1) is 0 Å². The van der Waals surface area contributed by atoms with Crippen LogP contribution in [-0.4, -0.2) is 37.2 Å². The first-order valence-electron chi connectivity index (χ1n) is 32.6. The maximum absolute atomic E-state index is 12.9. The molecule has 0 aromatic carbocycles. The molecule has 6 heteroatoms. The summed E-state index contributed by atoms with van der Waals surface area (Å²) in [6, 6.07) is 0. The van der Waals surface area contributed by atoms with Gasteiger partial charge in [0.15, 0.2) is 6.10 Å². The predicted molar refractivity (Wildman–Crippen MR) is 361 cm³/mol. The SMILES string of the molecule is CC/C=C\C/C=C\C/C=C\C/C=C\C/C=C\C/C=C\C/C=C\CCCCCC(=O)OCC(COC(=O)CCCCCC/C=C\C/C=C\C/C=C\C/C=C\CC)OC(=O)CCCCCC/C=C\C/C=C\C/C=C\C/C=C\C/C=C\C/C=C\CC. The van der Waals surface area contributed by atoms with Crippen molar-refractivity contribution in [3.63, 3.8) is 0 Å². The molecule has 0 aromatic heterocycles. The Kier molecular flexibility index (Phi) is 63.5. The van der Waals surface area contributed by atoms with Crippen LogP contribution >= 0.6 is 0 Å². The van der Waals surface area contributed by atoms with E-state index in [1.807, 2.05) is 0 Å². The van der Waals surface area contributed by atoms with Gasteiger partial charge in [-0.2, -0.15) is 0 Å². The maximum atomic E-state index is 12.9. The van der Waals surface area contributed by atoms with Crippen LogP contribution in [0.5, 0.6) is 0 Å². The number of allylic oxidation sites excluding steroid dienone is 34. The Bertz CT molecular complexity index is 2030. The Morgan fingerprint density at radius 1 is 0.241 bits per heavy atom. The maximum Gasteiger partial charge on any atom is 0.306 e. The molecular weight excluding hydrogens is 1020 g/mol. The van der Waals surface area contributed by atoms with Crippen molar-refractivity contribution in [3.05, 3.63) is 207 Å². The Balaban J connectivity index is 4.60. The molecule has 0 aliphatic carbocycles. The van der Waals surface area contributed by atoms with Gasteiger partial charge in [-0.15, -0.1) is 0 Å². The highest BCUT2D eigenvalue weighted by atomic mass is 16.6. The molecule has 0 rings (SSSR count). The summed E-state index contributed by atoms with van der Waals surface area (Å²) in [5, 5.41) is 0. The zero-order valence-corrected chi connectivity index (χ0v) is 52.6. The van der Waals surface area contributed by atoms with Gasteiger partial charge in [0, 0.05) is 19.3 Å². The van der Waals surface area contributed by atoms with Crippen molar-refractivity contribution in [2.45, 2.75) is 245 Å². The molecule has 0 N–H and O–H groups in total. The molecule has 6 nitrogen and oxygen atoms in total. The van der Waals surface area contributed by atoms with Crippen molar-refractivity contribution in [2.24, 2.45) is 0 Å². The van der Waals surface area contributed by atoms with Gasteiger partial charge in [-0.1, -0.05) is 259 Å². The average Bonchev–Trinajstić information content (AvgIpc) is 3.49. The normalized spacial score (nSPS) is 13.5. The fourth-order valence-corrected chi connectivity index (χ4v) is 8.00. The molecular formula is C77H116O6. The molecule has 0 aliphatic rings. The Morgan fingerprint density at radius 2 is 0.434 bits per heavy atom. The van der Waals surface area contributed by atoms with Crippen LogP contribution in [0.25, 0.3) is 0 Å². The fourth-order valence-electron chi connectivity index (χ4n) is 8.00. The molecule has 460 valence electrons. The molecule has 1 unspecified atom stereocenters. The van der Waals surface area contributed by atoms with Crippen LogP contribution in [0.4, 0.5) is 0 Å². The van der Waals surface area contributed by atoms with E-state index in [4.69, 9.17) is 14.2 Å². The van der Waals surface area contributed by atoms with Crippen molar-refractivity contribution >= 4 is 17.9 Å². The predicted octanol–water partition coefficient (Wildman–Crippen LogP) is 22.8. The van der Waals surface area contributed by atoms with E-state index in [2.05, 4.69) is 227 Å². The van der Waals surface area contributed by atoms with Crippen molar-refractivity contribution in [1.29, 1.82) is 0 Å². The van der Waals surface area contributed by atoms with Crippen molar-refractivity contribution < 1.29 is 28.6 Å². The van der Waals surface area contributed by atoms with E-state index in [0.29, 0.717) is 12.8 Å². The lowest BCUT2D eigenvalue weighted by Gasteiger charge is -2.18. The highest BCUT2D eigenvalue weighted by Gasteiger charge is 2.19. The highest BCUT2D eigenvalue weighted by molar-refractivity contribution is 5.71. The fraction of sp³-hybridized carbons (Fsp3) is 0.519. The molecule has 0 bridgehead atoms. The molecule has 0 fully saturated rings. The number of ether oxygens (including phenoxy) is 3. The van der Waals surface area contributed by atoms with Gasteiger partial charge in [0.25, 0.3) is 0 Å². The lowest BCUT2D eigenvalue weighted by molar-refractivity contribution is -0.167. The minimum atomic E-state index is -0.833. The quantitative estimate of drug-likeness (QED) is 0.0261. The first-order chi connectivity index (χ1) is 41.0. The van der Waals surface area contributed by atoms with Crippen LogP contribution < -0.4 is 0 Å². The van der Waals surface area contributed by atoms with E-state index in [1.54, 1.807) is 0 Å². The van der Waals surface area contributed by atoms with Gasteiger partial charge in [0.2, 0.25) is 0 Å². The number of hydrogen-bond acceptors (Lipinski definition) is 6. The first-order valence-corrected chi connectivity index (χ1v) is 32.6. The van der Waals surface area contributed by atoms with E-state index < -0.39 is 6.10 Å². The summed E-state index contributed by atoms with van der Waals surface area (Å²) in [4.78, 5) is 38.4. The van der Waals surface area contributed by atoms with Crippen LogP contribution in [0.1, 0.15) is 239 Å². The van der Waals surface area contributed by atoms with Gasteiger partial charge in [-0.3, -0.25) is 14.4 Å². The van der Waals surface area contributed by atoms with Crippen LogP contribution in [0.3, 0.4) is 0 Å². The summed E-state index contributed by atoms with van der Waals surface area (Å²) in [7, 11) is 0. The Morgan fingerprint density at radius 3 is 0.675 bits per heavy atom. The third-order valence-corrected chi connectivity index (χ3v) is 12.8. The summed E-state index contributed by atoms with van der Waals surface area (Å²) < 4.78 is 16.9. The van der Waals surface area contributed by atoms with E-state index >= 15 is 0 Å². The van der Waals surface area contributed by atoms with Crippen molar-refractivity contribution in [1.82, 2.24) is 0 Å². The summed E-state index contributed by atoms with van der Waals surface area (Å²) in [6.07, 6.45) is 105. The molecule has 0 radical (unpaired) electrons. The van der Waals surface area contributed by atoms with E-state index in [1.165, 1.54) is 0 Å². The zero-order valence-electron chi connectivity index (χ0n) is 52.6. The molecule has 83 heavy (non-hydrogen) atoms. The highest BCUT2D eigenvalue weighted by Crippen LogP contribution is 2.12. The minimum absolute atomic E-state index is 0.124. The van der Waals surface area contributed by atoms with Gasteiger partial charge in [0.05, 0.1) is 0 Å². The summed E-state index contributed by atoms with van der Waals surface area (Å²) in [6.45, 7) is 6.21. The van der Waals surface area contributed by atoms with Gasteiger partial charge < -0.3 is 14.2 Å². The van der Waals surface area contributed by atoms with Gasteiger partial charge >= 0.3 is 17.9 Å². The average molecular weight is 1140 g/mol. The molecule has 0 aliphatic heterocycles. The van der Waals surface area contributed by atoms with Crippen LogP contribution in [0.15, 0.2) is 207 Å². The second-order valence-corrected chi connectivity index (χ2v) is 20.5. The van der Waals surface area contributed by atoms with E-state index in [9.17, 15) is 14.4 Å². The van der Waals surface area contributed by atoms with Crippen LogP contribution in [-0.2, 0) is 28.6 Å². The minimum Gasteiger partial charge on any atom is -0.462 e. The molecule has 0 saturated carbocycles. The third-order valence-electron chi connectivity index (χ3n) is 12.8. The van der Waals surface area contributed by atoms with E-state index in [-0.39, 0.29) is 37.5 Å².